The van der Waals surface area contributed by atoms with E-state index in [2.05, 4.69) is 15.8 Å². The van der Waals surface area contributed by atoms with Crippen molar-refractivity contribution >= 4 is 46.4 Å². The molecule has 5 nitrogen and oxygen atoms in total. The Labute approximate surface area is 162 Å². The Balaban J connectivity index is 1.94. The maximum absolute atomic E-state index is 12.1. The van der Waals surface area contributed by atoms with Crippen molar-refractivity contribution in [2.75, 3.05) is 5.32 Å². The van der Waals surface area contributed by atoms with Crippen LogP contribution in [-0.4, -0.2) is 17.5 Å². The summed E-state index contributed by atoms with van der Waals surface area (Å²) in [4.78, 5) is 24.2. The Hall–Kier alpha value is -2.37. The molecular formula is C19H19Cl2N3O2. The van der Waals surface area contributed by atoms with Crippen LogP contribution in [0.1, 0.15) is 34.8 Å². The van der Waals surface area contributed by atoms with Gasteiger partial charge in [0.25, 0.3) is 5.91 Å². The van der Waals surface area contributed by atoms with Crippen LogP contribution in [0.15, 0.2) is 41.5 Å². The fourth-order valence-electron chi connectivity index (χ4n) is 2.40. The second-order valence-electron chi connectivity index (χ2n) is 6.01. The highest BCUT2D eigenvalue weighted by Gasteiger charge is 2.11. The highest BCUT2D eigenvalue weighted by Crippen LogP contribution is 2.20. The van der Waals surface area contributed by atoms with Crippen molar-refractivity contribution in [3.05, 3.63) is 63.1 Å². The van der Waals surface area contributed by atoms with Gasteiger partial charge in [-0.3, -0.25) is 9.59 Å². The van der Waals surface area contributed by atoms with Crippen molar-refractivity contribution in [2.45, 2.75) is 27.2 Å². The molecule has 0 saturated carbocycles. The summed E-state index contributed by atoms with van der Waals surface area (Å²) >= 11 is 11.8. The smallest absolute Gasteiger partial charge is 0.272 e. The van der Waals surface area contributed by atoms with E-state index >= 15 is 0 Å². The predicted octanol–water partition coefficient (Wildman–Crippen LogP) is 4.74. The van der Waals surface area contributed by atoms with Crippen LogP contribution < -0.4 is 10.7 Å². The molecule has 7 heteroatoms. The summed E-state index contributed by atoms with van der Waals surface area (Å²) in [6, 6.07) is 10.4. The molecule has 0 aromatic heterocycles. The number of hydrogen-bond donors (Lipinski definition) is 2. The monoisotopic (exact) mass is 391 g/mol. The van der Waals surface area contributed by atoms with Gasteiger partial charge in [-0.25, -0.2) is 5.43 Å². The summed E-state index contributed by atoms with van der Waals surface area (Å²) in [7, 11) is 0. The minimum atomic E-state index is -0.472. The molecule has 0 heterocycles. The number of halogens is 2. The Bertz CT molecular complexity index is 859. The van der Waals surface area contributed by atoms with E-state index in [4.69, 9.17) is 23.2 Å². The van der Waals surface area contributed by atoms with Crippen molar-refractivity contribution < 1.29 is 9.59 Å². The number of amides is 2. The second-order valence-corrected chi connectivity index (χ2v) is 6.86. The van der Waals surface area contributed by atoms with E-state index in [-0.39, 0.29) is 22.9 Å². The molecule has 0 bridgehead atoms. The van der Waals surface area contributed by atoms with E-state index in [1.54, 1.807) is 13.0 Å². The molecule has 2 aromatic carbocycles. The average molecular weight is 392 g/mol. The number of hydrogen-bond acceptors (Lipinski definition) is 3. The quantitative estimate of drug-likeness (QED) is 0.570. The van der Waals surface area contributed by atoms with Crippen LogP contribution in [0.25, 0.3) is 0 Å². The normalized spacial score (nSPS) is 11.2. The van der Waals surface area contributed by atoms with Crippen LogP contribution in [0.4, 0.5) is 5.69 Å². The van der Waals surface area contributed by atoms with Gasteiger partial charge in [0.05, 0.1) is 17.0 Å². The largest absolute Gasteiger partial charge is 0.326 e. The van der Waals surface area contributed by atoms with Gasteiger partial charge in [0.15, 0.2) is 0 Å². The fraction of sp³-hybridized carbons (Fsp3) is 0.211. The zero-order valence-electron chi connectivity index (χ0n) is 14.7. The molecule has 26 heavy (non-hydrogen) atoms. The van der Waals surface area contributed by atoms with E-state index in [9.17, 15) is 9.59 Å². The molecule has 0 saturated heterocycles. The first kappa shape index (κ1) is 19.9. The van der Waals surface area contributed by atoms with E-state index in [0.29, 0.717) is 10.7 Å². The lowest BCUT2D eigenvalue weighted by molar-refractivity contribution is -0.115. The first-order valence-corrected chi connectivity index (χ1v) is 8.67. The molecule has 0 aliphatic rings. The number of benzene rings is 2. The molecular weight excluding hydrogens is 373 g/mol. The number of carbonyl (C=O) groups excluding carboxylic acids is 2. The Morgan fingerprint density at radius 3 is 2.31 bits per heavy atom. The number of carbonyl (C=O) groups is 2. The molecule has 136 valence electrons. The number of anilines is 1. The molecule has 2 amide bonds. The first-order chi connectivity index (χ1) is 12.2. The van der Waals surface area contributed by atoms with Crippen molar-refractivity contribution in [2.24, 2.45) is 5.10 Å². The van der Waals surface area contributed by atoms with Crippen LogP contribution in [0, 0.1) is 13.8 Å². The lowest BCUT2D eigenvalue weighted by atomic mass is 10.1. The number of hydrazone groups is 1. The molecule has 0 radical (unpaired) electrons. The van der Waals surface area contributed by atoms with Gasteiger partial charge in [-0.1, -0.05) is 29.3 Å². The predicted molar refractivity (Wildman–Crippen MR) is 106 cm³/mol. The summed E-state index contributed by atoms with van der Waals surface area (Å²) in [5.74, 6) is -0.684. The van der Waals surface area contributed by atoms with Crippen LogP contribution in [0.3, 0.4) is 0 Å². The fourth-order valence-corrected chi connectivity index (χ4v) is 2.90. The SMILES string of the molecule is C/C(CC(=O)Nc1cc(C)cc(C)c1)=N\NC(=O)c1ccc(Cl)cc1Cl. The van der Waals surface area contributed by atoms with Crippen LogP contribution in [0.5, 0.6) is 0 Å². The molecule has 0 fully saturated rings. The van der Waals surface area contributed by atoms with Gasteiger partial charge in [-0.2, -0.15) is 5.10 Å². The van der Waals surface area contributed by atoms with Gasteiger partial charge in [0, 0.05) is 16.4 Å². The van der Waals surface area contributed by atoms with E-state index in [1.165, 1.54) is 12.1 Å². The molecule has 0 spiro atoms. The third-order valence-corrected chi connectivity index (χ3v) is 3.99. The van der Waals surface area contributed by atoms with Crippen molar-refractivity contribution in [3.8, 4) is 0 Å². The number of rotatable bonds is 5. The van der Waals surface area contributed by atoms with E-state index in [0.717, 1.165) is 16.8 Å². The van der Waals surface area contributed by atoms with Gasteiger partial charge in [0.2, 0.25) is 5.91 Å². The van der Waals surface area contributed by atoms with Crippen molar-refractivity contribution in [1.29, 1.82) is 0 Å². The summed E-state index contributed by atoms with van der Waals surface area (Å²) in [6.45, 7) is 5.59. The lowest BCUT2D eigenvalue weighted by Gasteiger charge is -2.08. The summed E-state index contributed by atoms with van der Waals surface area (Å²) in [5, 5.41) is 7.44. The number of aryl methyl sites for hydroxylation is 2. The van der Waals surface area contributed by atoms with Gasteiger partial charge in [-0.05, 0) is 62.2 Å². The third kappa shape index (κ3) is 5.86. The first-order valence-electron chi connectivity index (χ1n) is 7.91. The molecule has 2 rings (SSSR count). The zero-order chi connectivity index (χ0) is 19.3. The van der Waals surface area contributed by atoms with E-state index < -0.39 is 5.91 Å². The van der Waals surface area contributed by atoms with Gasteiger partial charge in [0.1, 0.15) is 0 Å². The summed E-state index contributed by atoms with van der Waals surface area (Å²) in [5.41, 5.74) is 5.98. The van der Waals surface area contributed by atoms with Crippen molar-refractivity contribution in [3.63, 3.8) is 0 Å². The molecule has 0 aliphatic heterocycles. The topological polar surface area (TPSA) is 70.6 Å². The minimum Gasteiger partial charge on any atom is -0.326 e. The Kier molecular flexibility index (Phi) is 6.77. The molecule has 0 aliphatic carbocycles. The van der Waals surface area contributed by atoms with Crippen LogP contribution in [0.2, 0.25) is 10.0 Å². The average Bonchev–Trinajstić information content (AvgIpc) is 2.51. The molecule has 2 aromatic rings. The molecule has 0 unspecified atom stereocenters. The summed E-state index contributed by atoms with van der Waals surface area (Å²) in [6.07, 6.45) is 0.0572. The number of nitrogens with zero attached hydrogens (tertiary/aromatic N) is 1. The zero-order valence-corrected chi connectivity index (χ0v) is 16.2. The van der Waals surface area contributed by atoms with E-state index in [1.807, 2.05) is 32.0 Å². The Morgan fingerprint density at radius 1 is 1.04 bits per heavy atom. The number of nitrogens with one attached hydrogen (secondary N) is 2. The van der Waals surface area contributed by atoms with Crippen LogP contribution >= 0.6 is 23.2 Å². The maximum atomic E-state index is 12.1. The summed E-state index contributed by atoms with van der Waals surface area (Å²) < 4.78 is 0. The molecule has 0 atom stereocenters. The van der Waals surface area contributed by atoms with Gasteiger partial charge < -0.3 is 5.32 Å². The molecule has 2 N–H and O–H groups in total. The van der Waals surface area contributed by atoms with Gasteiger partial charge >= 0.3 is 0 Å². The van der Waals surface area contributed by atoms with Crippen LogP contribution in [-0.2, 0) is 4.79 Å². The third-order valence-electron chi connectivity index (χ3n) is 3.45. The maximum Gasteiger partial charge on any atom is 0.272 e. The highest BCUT2D eigenvalue weighted by molar-refractivity contribution is 6.36. The van der Waals surface area contributed by atoms with Crippen molar-refractivity contribution in [1.82, 2.24) is 5.43 Å². The Morgan fingerprint density at radius 2 is 1.69 bits per heavy atom. The lowest BCUT2D eigenvalue weighted by Crippen LogP contribution is -2.21. The van der Waals surface area contributed by atoms with Gasteiger partial charge in [-0.15, -0.1) is 0 Å². The highest BCUT2D eigenvalue weighted by atomic mass is 35.5. The second kappa shape index (κ2) is 8.83. The minimum absolute atomic E-state index is 0.0572. The standard InChI is InChI=1S/C19H19Cl2N3O2/c1-11-6-12(2)8-15(7-11)22-18(25)9-13(3)23-24-19(26)16-5-4-14(20)10-17(16)21/h4-8,10H,9H2,1-3H3,(H,22,25)(H,24,26)/b23-13+.